The highest BCUT2D eigenvalue weighted by Gasteiger charge is 2.38. The molecule has 1 aliphatic rings. The van der Waals surface area contributed by atoms with Crippen LogP contribution in [0, 0.1) is 23.3 Å². The third kappa shape index (κ3) is 6.32. The molecule has 3 aromatic rings. The van der Waals surface area contributed by atoms with Crippen LogP contribution in [0.1, 0.15) is 16.4 Å². The fraction of sp³-hybridized carbons (Fsp3) is 0.192. The number of nitrogens with one attached hydrogen (secondary N) is 3. The maximum Gasteiger partial charge on any atom is 0.248 e. The number of carbonyl (C=O) groups excluding carboxylic acids is 3. The van der Waals surface area contributed by atoms with Crippen LogP contribution in [0.15, 0.2) is 65.6 Å². The highest BCUT2D eigenvalue weighted by atomic mass is 32.2. The number of aliphatic hydroxyl groups excluding tert-OH is 1. The van der Waals surface area contributed by atoms with Crippen molar-refractivity contribution in [2.45, 2.75) is 28.6 Å². The third-order valence-electron chi connectivity index (χ3n) is 5.67. The Hall–Kier alpha value is -3.90. The van der Waals surface area contributed by atoms with Gasteiger partial charge in [0.1, 0.15) is 35.4 Å². The van der Waals surface area contributed by atoms with Crippen molar-refractivity contribution in [3.63, 3.8) is 0 Å². The minimum atomic E-state index is -1.55. The number of para-hydroxylation sites is 1. The van der Waals surface area contributed by atoms with Crippen LogP contribution in [-0.4, -0.2) is 41.5 Å². The van der Waals surface area contributed by atoms with E-state index in [1.54, 1.807) is 24.3 Å². The average Bonchev–Trinajstić information content (AvgIpc) is 2.99. The lowest BCUT2D eigenvalue weighted by molar-refractivity contribution is -0.131. The standard InChI is InChI=1S/C26H21F4N3O4S/c27-14-5-6-18(30)17(11-14)24-23(26(37)32-19-3-1-2-4-21(19)38-24)33-25(36)20(12-34)31-22(35)9-13-7-15(28)10-16(29)8-13/h1-8,10-11,20,23-24,34H,9,12H2,(H,31,35)(H,32,37)(H,33,36)/t20-,23+,24+/m0/s1. The van der Waals surface area contributed by atoms with Crippen molar-refractivity contribution in [2.24, 2.45) is 0 Å². The SMILES string of the molecule is O=C(Cc1cc(F)cc(F)c1)N[C@@H](CO)C(=O)N[C@H]1C(=O)Nc2ccccc2S[C@@H]1c1cc(F)ccc1F. The van der Waals surface area contributed by atoms with Crippen LogP contribution < -0.4 is 16.0 Å². The van der Waals surface area contributed by atoms with E-state index in [1.807, 2.05) is 0 Å². The molecule has 4 rings (SSSR count). The molecule has 0 aromatic heterocycles. The number of hydrogen-bond donors (Lipinski definition) is 4. The number of carbonyl (C=O) groups is 3. The zero-order valence-corrected chi connectivity index (χ0v) is 20.3. The summed E-state index contributed by atoms with van der Waals surface area (Å²) in [5.74, 6) is -5.88. The Morgan fingerprint density at radius 2 is 1.68 bits per heavy atom. The number of aliphatic hydroxyl groups is 1. The number of anilines is 1. The van der Waals surface area contributed by atoms with Crippen LogP contribution in [0.25, 0.3) is 0 Å². The van der Waals surface area contributed by atoms with Crippen molar-refractivity contribution in [3.8, 4) is 0 Å². The summed E-state index contributed by atoms with van der Waals surface area (Å²) in [7, 11) is 0. The molecule has 3 atom stereocenters. The van der Waals surface area contributed by atoms with Gasteiger partial charge in [-0.2, -0.15) is 0 Å². The molecule has 0 spiro atoms. The number of fused-ring (bicyclic) bond motifs is 1. The lowest BCUT2D eigenvalue weighted by Crippen LogP contribution is -2.55. The molecule has 0 fully saturated rings. The summed E-state index contributed by atoms with van der Waals surface area (Å²) < 4.78 is 55.7. The largest absolute Gasteiger partial charge is 0.394 e. The topological polar surface area (TPSA) is 108 Å². The number of benzene rings is 3. The second kappa shape index (κ2) is 11.7. The fourth-order valence-corrected chi connectivity index (χ4v) is 5.25. The molecule has 12 heteroatoms. The summed E-state index contributed by atoms with van der Waals surface area (Å²) in [4.78, 5) is 39.1. The Balaban J connectivity index is 1.57. The van der Waals surface area contributed by atoms with Gasteiger partial charge in [0.05, 0.1) is 24.0 Å². The summed E-state index contributed by atoms with van der Waals surface area (Å²) in [5.41, 5.74) is 0.219. The van der Waals surface area contributed by atoms with Crippen LogP contribution >= 0.6 is 11.8 Å². The zero-order chi connectivity index (χ0) is 27.4. The Morgan fingerprint density at radius 1 is 0.974 bits per heavy atom. The van der Waals surface area contributed by atoms with Gasteiger partial charge < -0.3 is 21.1 Å². The maximum absolute atomic E-state index is 14.8. The molecule has 0 unspecified atom stereocenters. The van der Waals surface area contributed by atoms with E-state index in [9.17, 15) is 37.1 Å². The summed E-state index contributed by atoms with van der Waals surface area (Å²) in [6, 6.07) is 8.91. The van der Waals surface area contributed by atoms with Gasteiger partial charge in [-0.25, -0.2) is 17.6 Å². The molecule has 1 heterocycles. The molecule has 4 N–H and O–H groups in total. The normalized spacial score (nSPS) is 17.6. The summed E-state index contributed by atoms with van der Waals surface area (Å²) in [6.07, 6.45) is -0.495. The summed E-state index contributed by atoms with van der Waals surface area (Å²) in [5, 5.41) is 15.9. The molecule has 198 valence electrons. The van der Waals surface area contributed by atoms with Crippen LogP contribution in [0.3, 0.4) is 0 Å². The van der Waals surface area contributed by atoms with Crippen molar-refractivity contribution < 1.29 is 37.1 Å². The predicted molar refractivity (Wildman–Crippen MR) is 131 cm³/mol. The molecule has 7 nitrogen and oxygen atoms in total. The van der Waals surface area contributed by atoms with Gasteiger partial charge in [-0.1, -0.05) is 12.1 Å². The van der Waals surface area contributed by atoms with E-state index in [4.69, 9.17) is 0 Å². The van der Waals surface area contributed by atoms with E-state index >= 15 is 0 Å². The van der Waals surface area contributed by atoms with Crippen LogP contribution in [0.4, 0.5) is 23.2 Å². The first-order chi connectivity index (χ1) is 18.1. The molecule has 3 aromatic carbocycles. The van der Waals surface area contributed by atoms with Crippen molar-refractivity contribution in [1.82, 2.24) is 10.6 Å². The van der Waals surface area contributed by atoms with E-state index in [2.05, 4.69) is 16.0 Å². The molecule has 0 radical (unpaired) electrons. The molecular weight excluding hydrogens is 526 g/mol. The van der Waals surface area contributed by atoms with E-state index < -0.39 is 71.4 Å². The fourth-order valence-electron chi connectivity index (χ4n) is 3.93. The van der Waals surface area contributed by atoms with Gasteiger partial charge in [0.15, 0.2) is 0 Å². The maximum atomic E-state index is 14.8. The van der Waals surface area contributed by atoms with Gasteiger partial charge in [0, 0.05) is 16.5 Å². The number of amides is 3. The minimum absolute atomic E-state index is 0.00366. The Bertz CT molecular complexity index is 1370. The summed E-state index contributed by atoms with van der Waals surface area (Å²) in [6.45, 7) is -0.879. The van der Waals surface area contributed by atoms with Gasteiger partial charge in [-0.3, -0.25) is 14.4 Å². The van der Waals surface area contributed by atoms with Crippen LogP contribution in [0.5, 0.6) is 0 Å². The summed E-state index contributed by atoms with van der Waals surface area (Å²) >= 11 is 1.02. The van der Waals surface area contributed by atoms with Crippen molar-refractivity contribution >= 4 is 35.2 Å². The van der Waals surface area contributed by atoms with Gasteiger partial charge in [0.2, 0.25) is 17.7 Å². The van der Waals surface area contributed by atoms with Crippen molar-refractivity contribution in [3.05, 3.63) is 95.1 Å². The van der Waals surface area contributed by atoms with E-state index in [0.29, 0.717) is 16.6 Å². The second-order valence-corrected chi connectivity index (χ2v) is 9.62. The van der Waals surface area contributed by atoms with Crippen molar-refractivity contribution in [2.75, 3.05) is 11.9 Å². The zero-order valence-electron chi connectivity index (χ0n) is 19.5. The molecule has 0 saturated carbocycles. The average molecular weight is 548 g/mol. The highest BCUT2D eigenvalue weighted by molar-refractivity contribution is 7.99. The number of thioether (sulfide) groups is 1. The highest BCUT2D eigenvalue weighted by Crippen LogP contribution is 2.44. The molecule has 0 saturated heterocycles. The van der Waals surface area contributed by atoms with Gasteiger partial charge in [-0.15, -0.1) is 11.8 Å². The molecule has 1 aliphatic heterocycles. The van der Waals surface area contributed by atoms with Gasteiger partial charge in [-0.05, 0) is 48.0 Å². The quantitative estimate of drug-likeness (QED) is 0.340. The molecule has 38 heavy (non-hydrogen) atoms. The Morgan fingerprint density at radius 3 is 2.39 bits per heavy atom. The lowest BCUT2D eigenvalue weighted by atomic mass is 10.0. The molecule has 0 aliphatic carbocycles. The molecular formula is C26H21F4N3O4S. The molecule has 3 amide bonds. The Kier molecular flexibility index (Phi) is 8.32. The van der Waals surface area contributed by atoms with E-state index in [1.165, 1.54) is 0 Å². The first-order valence-corrected chi connectivity index (χ1v) is 12.2. The Labute approximate surface area is 218 Å². The first-order valence-electron chi connectivity index (χ1n) is 11.3. The number of hydrogen-bond acceptors (Lipinski definition) is 5. The van der Waals surface area contributed by atoms with Gasteiger partial charge in [0.25, 0.3) is 0 Å². The van der Waals surface area contributed by atoms with E-state index in [-0.39, 0.29) is 11.1 Å². The van der Waals surface area contributed by atoms with Crippen LogP contribution in [-0.2, 0) is 20.8 Å². The number of rotatable bonds is 7. The minimum Gasteiger partial charge on any atom is -0.394 e. The predicted octanol–water partition coefficient (Wildman–Crippen LogP) is 3.23. The molecule has 0 bridgehead atoms. The second-order valence-electron chi connectivity index (χ2n) is 8.43. The first kappa shape index (κ1) is 27.1. The van der Waals surface area contributed by atoms with Crippen molar-refractivity contribution in [1.29, 1.82) is 0 Å². The van der Waals surface area contributed by atoms with Crippen LogP contribution in [0.2, 0.25) is 0 Å². The third-order valence-corrected chi connectivity index (χ3v) is 7.06. The lowest BCUT2D eigenvalue weighted by Gasteiger charge is -2.27. The van der Waals surface area contributed by atoms with Gasteiger partial charge >= 0.3 is 0 Å². The monoisotopic (exact) mass is 547 g/mol. The number of halogens is 4. The van der Waals surface area contributed by atoms with E-state index in [0.717, 1.165) is 42.1 Å². The smallest absolute Gasteiger partial charge is 0.248 e.